The highest BCUT2D eigenvalue weighted by atomic mass is 16.5. The highest BCUT2D eigenvalue weighted by molar-refractivity contribution is 5.44. The maximum Gasteiger partial charge on any atom is 0.161 e. The van der Waals surface area contributed by atoms with E-state index >= 15 is 0 Å². The monoisotopic (exact) mass is 190 g/mol. The predicted molar refractivity (Wildman–Crippen MR) is 53.7 cm³/mol. The molecule has 0 bridgehead atoms. The van der Waals surface area contributed by atoms with Crippen LogP contribution in [0.2, 0.25) is 0 Å². The Labute approximate surface area is 83.5 Å². The summed E-state index contributed by atoms with van der Waals surface area (Å²) in [5, 5.41) is 9.59. The molecule has 1 aromatic carbocycles. The Bertz CT molecular complexity index is 351. The van der Waals surface area contributed by atoms with Crippen molar-refractivity contribution >= 4 is 0 Å². The SMILES string of the molecule is Oc1ccc(C2CC2)cc1OC1CC1. The fraction of sp³-hybridized carbons (Fsp3) is 0.500. The molecule has 2 saturated carbocycles. The minimum absolute atomic E-state index is 0.279. The van der Waals surface area contributed by atoms with Crippen molar-refractivity contribution < 1.29 is 9.84 Å². The number of phenols is 1. The summed E-state index contributed by atoms with van der Waals surface area (Å²) in [5.41, 5.74) is 1.32. The van der Waals surface area contributed by atoms with Crippen LogP contribution in [-0.4, -0.2) is 11.2 Å². The molecule has 0 radical (unpaired) electrons. The summed E-state index contributed by atoms with van der Waals surface area (Å²) in [6, 6.07) is 5.77. The van der Waals surface area contributed by atoms with E-state index in [4.69, 9.17) is 4.74 Å². The molecule has 0 heterocycles. The molecule has 0 atom stereocenters. The maximum absolute atomic E-state index is 9.59. The lowest BCUT2D eigenvalue weighted by Gasteiger charge is -2.08. The second-order valence-electron chi connectivity index (χ2n) is 4.32. The summed E-state index contributed by atoms with van der Waals surface area (Å²) in [7, 11) is 0. The lowest BCUT2D eigenvalue weighted by molar-refractivity contribution is 0.286. The molecule has 0 aromatic heterocycles. The highest BCUT2D eigenvalue weighted by Crippen LogP contribution is 2.43. The molecule has 14 heavy (non-hydrogen) atoms. The van der Waals surface area contributed by atoms with Gasteiger partial charge in [0.1, 0.15) is 0 Å². The molecule has 3 rings (SSSR count). The third-order valence-corrected chi connectivity index (χ3v) is 2.85. The quantitative estimate of drug-likeness (QED) is 0.794. The molecule has 0 amide bonds. The first kappa shape index (κ1) is 8.16. The molecule has 0 aliphatic heterocycles. The van der Waals surface area contributed by atoms with Crippen molar-refractivity contribution in [2.75, 3.05) is 0 Å². The second kappa shape index (κ2) is 2.91. The summed E-state index contributed by atoms with van der Waals surface area (Å²) >= 11 is 0. The van der Waals surface area contributed by atoms with Gasteiger partial charge in [0.05, 0.1) is 6.10 Å². The Hall–Kier alpha value is -1.18. The minimum atomic E-state index is 0.279. The van der Waals surface area contributed by atoms with Gasteiger partial charge in [0.2, 0.25) is 0 Å². The lowest BCUT2D eigenvalue weighted by atomic mass is 10.1. The standard InChI is InChI=1S/C12H14O2/c13-11-6-3-9(8-1-2-8)7-12(11)14-10-4-5-10/h3,6-8,10,13H,1-2,4-5H2. The molecule has 1 aromatic rings. The van der Waals surface area contributed by atoms with Gasteiger partial charge in [-0.15, -0.1) is 0 Å². The summed E-state index contributed by atoms with van der Waals surface area (Å²) in [6.07, 6.45) is 5.19. The van der Waals surface area contributed by atoms with Gasteiger partial charge in [-0.2, -0.15) is 0 Å². The van der Waals surface area contributed by atoms with Gasteiger partial charge in [0, 0.05) is 0 Å². The maximum atomic E-state index is 9.59. The Morgan fingerprint density at radius 2 is 1.93 bits per heavy atom. The normalized spacial score (nSPS) is 20.9. The third kappa shape index (κ3) is 1.57. The molecular formula is C12H14O2. The van der Waals surface area contributed by atoms with E-state index in [1.54, 1.807) is 6.07 Å². The smallest absolute Gasteiger partial charge is 0.161 e. The van der Waals surface area contributed by atoms with E-state index in [-0.39, 0.29) is 5.75 Å². The zero-order chi connectivity index (χ0) is 9.54. The van der Waals surface area contributed by atoms with Crippen LogP contribution >= 0.6 is 0 Å². The Morgan fingerprint density at radius 1 is 1.14 bits per heavy atom. The van der Waals surface area contributed by atoms with Gasteiger partial charge >= 0.3 is 0 Å². The number of aromatic hydroxyl groups is 1. The molecule has 0 saturated heterocycles. The first-order chi connectivity index (χ1) is 6.83. The number of benzene rings is 1. The number of phenolic OH excluding ortho intramolecular Hbond substituents is 1. The molecular weight excluding hydrogens is 176 g/mol. The summed E-state index contributed by atoms with van der Waals surface area (Å²) in [6.45, 7) is 0. The van der Waals surface area contributed by atoms with Crippen LogP contribution < -0.4 is 4.74 Å². The lowest BCUT2D eigenvalue weighted by Crippen LogP contribution is -1.96. The van der Waals surface area contributed by atoms with Crippen LogP contribution in [0, 0.1) is 0 Å². The Balaban J connectivity index is 1.86. The molecule has 1 N–H and O–H groups in total. The Kier molecular flexibility index (Phi) is 1.69. The largest absolute Gasteiger partial charge is 0.504 e. The molecule has 74 valence electrons. The molecule has 2 fully saturated rings. The van der Waals surface area contributed by atoms with Crippen molar-refractivity contribution in [2.45, 2.75) is 37.7 Å². The van der Waals surface area contributed by atoms with E-state index in [2.05, 4.69) is 0 Å². The van der Waals surface area contributed by atoms with Crippen LogP contribution in [0.3, 0.4) is 0 Å². The predicted octanol–water partition coefficient (Wildman–Crippen LogP) is 2.81. The van der Waals surface area contributed by atoms with Gasteiger partial charge in [-0.3, -0.25) is 0 Å². The van der Waals surface area contributed by atoms with Crippen LogP contribution in [-0.2, 0) is 0 Å². The van der Waals surface area contributed by atoms with Gasteiger partial charge in [-0.05, 0) is 49.3 Å². The Morgan fingerprint density at radius 3 is 2.57 bits per heavy atom. The molecule has 2 aliphatic rings. The molecule has 2 heteroatoms. The van der Waals surface area contributed by atoms with Crippen molar-refractivity contribution in [3.63, 3.8) is 0 Å². The van der Waals surface area contributed by atoms with Crippen molar-refractivity contribution in [1.82, 2.24) is 0 Å². The molecule has 2 nitrogen and oxygen atoms in total. The van der Waals surface area contributed by atoms with Crippen LogP contribution in [0.4, 0.5) is 0 Å². The van der Waals surface area contributed by atoms with E-state index in [9.17, 15) is 5.11 Å². The van der Waals surface area contributed by atoms with E-state index in [1.165, 1.54) is 18.4 Å². The fourth-order valence-electron chi connectivity index (χ4n) is 1.66. The zero-order valence-electron chi connectivity index (χ0n) is 8.07. The van der Waals surface area contributed by atoms with E-state index in [1.807, 2.05) is 12.1 Å². The van der Waals surface area contributed by atoms with E-state index in [0.29, 0.717) is 11.9 Å². The van der Waals surface area contributed by atoms with Crippen molar-refractivity contribution in [2.24, 2.45) is 0 Å². The topological polar surface area (TPSA) is 29.5 Å². The van der Waals surface area contributed by atoms with Crippen LogP contribution in [0.1, 0.15) is 37.2 Å². The fourth-order valence-corrected chi connectivity index (χ4v) is 1.66. The van der Waals surface area contributed by atoms with Gasteiger partial charge < -0.3 is 9.84 Å². The van der Waals surface area contributed by atoms with Crippen molar-refractivity contribution in [3.05, 3.63) is 23.8 Å². The zero-order valence-corrected chi connectivity index (χ0v) is 8.07. The average molecular weight is 190 g/mol. The summed E-state index contributed by atoms with van der Waals surface area (Å²) in [4.78, 5) is 0. The van der Waals surface area contributed by atoms with Gasteiger partial charge in [-0.1, -0.05) is 6.07 Å². The van der Waals surface area contributed by atoms with Crippen LogP contribution in [0.25, 0.3) is 0 Å². The first-order valence-electron chi connectivity index (χ1n) is 5.32. The van der Waals surface area contributed by atoms with Crippen molar-refractivity contribution in [1.29, 1.82) is 0 Å². The van der Waals surface area contributed by atoms with E-state index in [0.717, 1.165) is 18.8 Å². The first-order valence-corrected chi connectivity index (χ1v) is 5.32. The highest BCUT2D eigenvalue weighted by Gasteiger charge is 2.27. The van der Waals surface area contributed by atoms with E-state index < -0.39 is 0 Å². The third-order valence-electron chi connectivity index (χ3n) is 2.85. The van der Waals surface area contributed by atoms with Gasteiger partial charge in [-0.25, -0.2) is 0 Å². The number of hydrogen-bond donors (Lipinski definition) is 1. The molecule has 0 spiro atoms. The number of ether oxygens (including phenoxy) is 1. The van der Waals surface area contributed by atoms with Gasteiger partial charge in [0.25, 0.3) is 0 Å². The molecule has 2 aliphatic carbocycles. The van der Waals surface area contributed by atoms with Crippen LogP contribution in [0.15, 0.2) is 18.2 Å². The summed E-state index contributed by atoms with van der Waals surface area (Å²) in [5.74, 6) is 1.68. The summed E-state index contributed by atoms with van der Waals surface area (Å²) < 4.78 is 5.62. The molecule has 0 unspecified atom stereocenters. The van der Waals surface area contributed by atoms with Crippen LogP contribution in [0.5, 0.6) is 11.5 Å². The van der Waals surface area contributed by atoms with Gasteiger partial charge in [0.15, 0.2) is 11.5 Å². The minimum Gasteiger partial charge on any atom is -0.504 e. The number of rotatable bonds is 3. The second-order valence-corrected chi connectivity index (χ2v) is 4.32. The van der Waals surface area contributed by atoms with Crippen molar-refractivity contribution in [3.8, 4) is 11.5 Å². The number of hydrogen-bond acceptors (Lipinski definition) is 2. The average Bonchev–Trinajstić information content (AvgIpc) is 3.01.